The molecule has 21 N–H and O–H groups in total. The lowest BCUT2D eigenvalue weighted by atomic mass is 10.0. The fourth-order valence-electron chi connectivity index (χ4n) is 10.8. The molecular weight excluding hydrogens is 1480 g/mol. The molecule has 0 spiro atoms. The molecule has 0 aliphatic carbocycles. The molecule has 0 radical (unpaired) electrons. The van der Waals surface area contributed by atoms with Gasteiger partial charge in [0.2, 0.25) is 76.8 Å². The summed E-state index contributed by atoms with van der Waals surface area (Å²) < 4.78 is 0. The van der Waals surface area contributed by atoms with Crippen molar-refractivity contribution in [2.75, 3.05) is 56.2 Å². The van der Waals surface area contributed by atoms with Crippen LogP contribution < -0.4 is 80.2 Å². The molecule has 40 heteroatoms. The van der Waals surface area contributed by atoms with Crippen LogP contribution >= 0.6 is 43.2 Å². The highest BCUT2D eigenvalue weighted by atomic mass is 33.1. The van der Waals surface area contributed by atoms with Crippen molar-refractivity contribution < 1.29 is 82.1 Å². The van der Waals surface area contributed by atoms with Gasteiger partial charge in [0.05, 0.1) is 50.3 Å². The Morgan fingerprint density at radius 1 is 0.639 bits per heavy atom. The average molecular weight is 1580 g/mol. The number of carbonyl (C=O) groups excluding carboxylic acids is 14. The van der Waals surface area contributed by atoms with Crippen molar-refractivity contribution >= 4 is 154 Å². The largest absolute Gasteiger partial charge is 0.481 e. The molecule has 2 aromatic carbocycles. The number of nitrogens with zero attached hydrogens (tertiary/aromatic N) is 1. The van der Waals surface area contributed by atoms with Crippen molar-refractivity contribution in [1.29, 1.82) is 0 Å². The lowest BCUT2D eigenvalue weighted by molar-refractivity contribution is -0.141. The third kappa shape index (κ3) is 28.2. The highest BCUT2D eigenvalue weighted by Gasteiger charge is 2.36. The molecule has 1 fully saturated rings. The molecule has 1 saturated heterocycles. The van der Waals surface area contributed by atoms with E-state index < -0.39 is 169 Å². The van der Waals surface area contributed by atoms with Crippen LogP contribution in [-0.4, -0.2) is 241 Å². The van der Waals surface area contributed by atoms with Crippen LogP contribution in [0.1, 0.15) is 70.7 Å². The maximum Gasteiger partial charge on any atom is 0.305 e. The molecule has 1 aliphatic rings. The first kappa shape index (κ1) is 86.8. The number of aromatic nitrogens is 4. The van der Waals surface area contributed by atoms with Gasteiger partial charge in [-0.2, -0.15) is 0 Å². The minimum Gasteiger partial charge on any atom is -0.481 e. The molecule has 0 saturated carbocycles. The molecule has 1 unspecified atom stereocenters. The van der Waals surface area contributed by atoms with Crippen molar-refractivity contribution in [1.82, 2.24) is 94.4 Å². The van der Waals surface area contributed by atoms with E-state index in [1.54, 1.807) is 50.5 Å². The van der Waals surface area contributed by atoms with Crippen molar-refractivity contribution in [2.45, 2.75) is 140 Å². The van der Waals surface area contributed by atoms with Gasteiger partial charge in [0, 0.05) is 101 Å². The van der Waals surface area contributed by atoms with E-state index in [4.69, 9.17) is 5.73 Å². The van der Waals surface area contributed by atoms with Gasteiger partial charge in [-0.1, -0.05) is 100 Å². The number of H-pyrrole nitrogens is 3. The van der Waals surface area contributed by atoms with Crippen LogP contribution in [0.15, 0.2) is 85.7 Å². The predicted molar refractivity (Wildman–Crippen MR) is 406 cm³/mol. The molecule has 5 aromatic rings. The van der Waals surface area contributed by atoms with Crippen LogP contribution in [0, 0.1) is 5.92 Å². The lowest BCUT2D eigenvalue weighted by Gasteiger charge is -2.26. The van der Waals surface area contributed by atoms with E-state index >= 15 is 0 Å². The second-order valence-electron chi connectivity index (χ2n) is 25.6. The Kier molecular flexibility index (Phi) is 35.0. The Morgan fingerprint density at radius 3 is 1.85 bits per heavy atom. The van der Waals surface area contributed by atoms with E-state index in [-0.39, 0.29) is 79.9 Å². The van der Waals surface area contributed by atoms with Gasteiger partial charge in [0.1, 0.15) is 60.2 Å². The number of nitrogens with two attached hydrogens (primary N) is 1. The number of carboxylic acids is 1. The molecule has 4 heterocycles. The summed E-state index contributed by atoms with van der Waals surface area (Å²) in [6.45, 7) is 9.70. The molecule has 11 atom stereocenters. The molecule has 1 aliphatic heterocycles. The summed E-state index contributed by atoms with van der Waals surface area (Å²) in [6.07, 6.45) is 3.12. The molecule has 36 nitrogen and oxygen atoms in total. The normalized spacial score (nSPS) is 18.3. The maximum absolute atomic E-state index is 14.7. The van der Waals surface area contributed by atoms with Gasteiger partial charge in [-0.25, -0.2) is 4.98 Å². The summed E-state index contributed by atoms with van der Waals surface area (Å²) in [7, 11) is 5.73. The summed E-state index contributed by atoms with van der Waals surface area (Å²) in [4.78, 5) is 215. The highest BCUT2D eigenvalue weighted by Crippen LogP contribution is 2.25. The summed E-state index contributed by atoms with van der Waals surface area (Å²) in [5.41, 5.74) is 9.02. The van der Waals surface area contributed by atoms with Crippen LogP contribution in [-0.2, 0) is 91.2 Å². The highest BCUT2D eigenvalue weighted by molar-refractivity contribution is 8.77. The van der Waals surface area contributed by atoms with Gasteiger partial charge in [-0.05, 0) is 63.4 Å². The summed E-state index contributed by atoms with van der Waals surface area (Å²) in [5, 5.41) is 57.9. The molecule has 6 rings (SSSR count). The number of benzene rings is 2. The van der Waals surface area contributed by atoms with E-state index in [9.17, 15) is 82.1 Å². The molecule has 13 amide bonds. The predicted octanol–water partition coefficient (Wildman–Crippen LogP) is -3.03. The monoisotopic (exact) mass is 1580 g/mol. The third-order valence-electron chi connectivity index (χ3n) is 16.6. The van der Waals surface area contributed by atoms with Gasteiger partial charge in [-0.3, -0.25) is 67.1 Å². The number of carboxylic acid groups (broad SMARTS) is 1. The number of aliphatic hydroxyl groups excluding tert-OH is 1. The molecule has 3 aromatic heterocycles. The van der Waals surface area contributed by atoms with Crippen LogP contribution in [0.4, 0.5) is 0 Å². The first-order valence-corrected chi connectivity index (χ1v) is 39.3. The van der Waals surface area contributed by atoms with Gasteiger partial charge in [0.25, 0.3) is 0 Å². The number of fused-ring (bicyclic) bond motifs is 2. The second kappa shape index (κ2) is 43.6. The van der Waals surface area contributed by atoms with Gasteiger partial charge in [-0.15, -0.1) is 0 Å². The first-order valence-electron chi connectivity index (χ1n) is 34.3. The van der Waals surface area contributed by atoms with Crippen molar-refractivity contribution in [3.63, 3.8) is 0 Å². The molecular formula is C68H93N19O17S4. The van der Waals surface area contributed by atoms with E-state index in [1.165, 1.54) is 61.9 Å². The summed E-state index contributed by atoms with van der Waals surface area (Å²) in [6, 6.07) is 0.943. The number of imidazole rings is 1. The number of primary amides is 1. The smallest absolute Gasteiger partial charge is 0.305 e. The molecule has 0 bridgehead atoms. The van der Waals surface area contributed by atoms with Crippen LogP contribution in [0.2, 0.25) is 0 Å². The topological polar surface area (TPSA) is 551 Å². The average Bonchev–Trinajstić information content (AvgIpc) is 1.74. The Morgan fingerprint density at radius 2 is 1.24 bits per heavy atom. The SMILES string of the molecule is C=C(CNC(=O)[C@H](CCC(C)=O)NC(=O)CNC(=O)CNC(=O)[C@H](Cc1cnc[nH]1)NC(=O)[C@H](Cc1c[nH]c2ccccc12)NC(=O)[C@H](C)NC(=O)[C@@H]1CSSCC(=O)N[C@@H]([C@@H](C)O)C(=O)NCCSSC[C@H](NC)C(=O)N[C@@H](CC(=O)O)C(=O)N1)NC(C(=O)N[C@@H](Cc1c[nH]c2ccccc12)C(N)=O)C(C)C. The van der Waals surface area contributed by atoms with Gasteiger partial charge >= 0.3 is 5.97 Å². The number of para-hydroxylation sites is 2. The zero-order valence-corrected chi connectivity index (χ0v) is 63.4. The van der Waals surface area contributed by atoms with Crippen molar-refractivity contribution in [2.24, 2.45) is 11.7 Å². The minimum atomic E-state index is -1.73. The number of aliphatic carboxylic acids is 1. The number of hydrogen-bond acceptors (Lipinski definition) is 23. The van der Waals surface area contributed by atoms with Gasteiger partial charge in [0.15, 0.2) is 0 Å². The number of aromatic amines is 3. The standard InChI is InChI=1S/C68H93N19O17S4/c1-34(2)57(68(104)82-47(59(69)95)20-39-25-73-44-14-10-8-12-42(39)44)79-35(3)24-76-61(97)46(17-16-36(4)88)81-54(91)29-75-53(90)28-77-62(98)49(22-41-27-71-33-78-41)84-63(99)48(21-40-26-74-45-15-11-9-13-43(40)45)83-60(96)37(5)80-66(102)52-31-107-108-32-55(92)87-58(38(6)89)67(103)72-18-19-105-106-30-51(70-7)65(101)85-50(23-56(93)94)64(100)86-52/h8-15,25-27,33-34,37-38,46-52,57-58,70,73-74,79,89H,3,16-24,28-32H2,1-2,4-7H3,(H2,69,95)(H,71,78)(H,72,103)(H,75,90)(H,76,97)(H,77,98)(H,80,102)(H,81,91)(H,82,104)(H,83,96)(H,84,99)(H,85,101)(H,86,100)(H,87,92)(H,93,94)/t37-,38+,46-,47-,48-,49-,50-,51-,52-,57?,58-/m0/s1. The van der Waals surface area contributed by atoms with Crippen LogP contribution in [0.3, 0.4) is 0 Å². The molecule has 586 valence electrons. The Hall–Kier alpha value is -10.2. The quantitative estimate of drug-likeness (QED) is 0.0182. The Labute approximate surface area is 636 Å². The Bertz CT molecular complexity index is 4030. The number of aliphatic hydroxyl groups is 1. The van der Waals surface area contributed by atoms with Crippen molar-refractivity contribution in [3.8, 4) is 0 Å². The lowest BCUT2D eigenvalue weighted by Crippen LogP contribution is -2.60. The summed E-state index contributed by atoms with van der Waals surface area (Å²) in [5.74, 6) is -13.3. The third-order valence-corrected chi connectivity index (χ3v) is 21.3. The Balaban J connectivity index is 1.10. The number of ketones is 1. The number of hydrogen-bond donors (Lipinski definition) is 20. The maximum atomic E-state index is 14.7. The van der Waals surface area contributed by atoms with Gasteiger partial charge < -0.3 is 110 Å². The van der Waals surface area contributed by atoms with E-state index in [2.05, 4.69) is 101 Å². The number of Topliss-reactive ketones (excluding diaryl/α,β-unsaturated/α-hetero) is 1. The van der Waals surface area contributed by atoms with Crippen LogP contribution in [0.5, 0.6) is 0 Å². The number of likely N-dealkylation sites (N-methyl/N-ethyl adjacent to an activating group) is 1. The second-order valence-corrected chi connectivity index (χ2v) is 30.7. The minimum absolute atomic E-state index is 0.102. The first-order chi connectivity index (χ1) is 51.4. The fourth-order valence-corrected chi connectivity index (χ4v) is 14.9. The number of rotatable bonds is 34. The summed E-state index contributed by atoms with van der Waals surface area (Å²) >= 11 is 0. The fraction of sp³-hybridized carbons (Fsp3) is 0.471. The zero-order valence-electron chi connectivity index (χ0n) is 60.1. The van der Waals surface area contributed by atoms with E-state index in [1.807, 2.05) is 24.3 Å². The van der Waals surface area contributed by atoms with Crippen LogP contribution in [0.25, 0.3) is 21.8 Å². The number of amides is 13. The number of nitrogens with one attached hydrogen (secondary N) is 17. The number of carbonyl (C=O) groups is 15. The van der Waals surface area contributed by atoms with Crippen molar-refractivity contribution in [3.05, 3.63) is 103 Å². The molecule has 108 heavy (non-hydrogen) atoms. The van der Waals surface area contributed by atoms with E-state index in [0.29, 0.717) is 27.9 Å². The van der Waals surface area contributed by atoms with E-state index in [0.717, 1.165) is 38.1 Å². The zero-order chi connectivity index (χ0) is 79.1.